The van der Waals surface area contributed by atoms with Gasteiger partial charge in [-0.15, -0.1) is 5.10 Å². The van der Waals surface area contributed by atoms with E-state index in [1.165, 1.54) is 0 Å². The minimum atomic E-state index is -4.52. The summed E-state index contributed by atoms with van der Waals surface area (Å²) in [6.07, 6.45) is -3.83. The Balaban J connectivity index is 2.08. The van der Waals surface area contributed by atoms with Crippen molar-refractivity contribution in [2.75, 3.05) is 11.1 Å². The Bertz CT molecular complexity index is 709. The van der Waals surface area contributed by atoms with Crippen LogP contribution in [0.25, 0.3) is 0 Å². The highest BCUT2D eigenvalue weighted by molar-refractivity contribution is 8.13. The highest BCUT2D eigenvalue weighted by Crippen LogP contribution is 2.35. The molecule has 0 bridgehead atoms. The van der Waals surface area contributed by atoms with Crippen molar-refractivity contribution in [2.45, 2.75) is 23.3 Å². The van der Waals surface area contributed by atoms with Crippen LogP contribution in [-0.2, 0) is 6.18 Å². The average Bonchev–Trinajstić information content (AvgIpc) is 2.87. The molecule has 2 aromatic rings. The molecule has 0 aliphatic rings. The zero-order valence-electron chi connectivity index (χ0n) is 11.4. The van der Waals surface area contributed by atoms with Crippen LogP contribution in [0.3, 0.4) is 0 Å². The van der Waals surface area contributed by atoms with Gasteiger partial charge in [0.1, 0.15) is 5.03 Å². The fourth-order valence-electron chi connectivity index (χ4n) is 1.35. The maximum Gasteiger partial charge on any atom is 0.417 e. The van der Waals surface area contributed by atoms with Crippen LogP contribution in [0.5, 0.6) is 0 Å². The number of halogens is 4. The number of aromatic amines is 1. The maximum absolute atomic E-state index is 12.5. The quantitative estimate of drug-likeness (QED) is 0.818. The van der Waals surface area contributed by atoms with Gasteiger partial charge in [-0.1, -0.05) is 30.3 Å². The van der Waals surface area contributed by atoms with E-state index in [1.807, 2.05) is 6.92 Å². The minimum absolute atomic E-state index is 0.125. The molecule has 0 aromatic carbocycles. The first-order chi connectivity index (χ1) is 10.8. The molecule has 2 heterocycles. The molecule has 0 unspecified atom stereocenters. The number of aromatic nitrogens is 4. The fraction of sp³-hybridized carbons (Fsp3) is 0.273. The van der Waals surface area contributed by atoms with E-state index < -0.39 is 11.7 Å². The topological polar surface area (TPSA) is 83.6 Å². The van der Waals surface area contributed by atoms with E-state index in [0.717, 1.165) is 29.6 Å². The lowest BCUT2D eigenvalue weighted by Gasteiger charge is -2.07. The summed E-state index contributed by atoms with van der Waals surface area (Å²) in [5, 5.41) is 8.61. The normalized spacial score (nSPS) is 11.5. The van der Waals surface area contributed by atoms with E-state index in [9.17, 15) is 18.0 Å². The Kier molecular flexibility index (Phi) is 5.76. The van der Waals surface area contributed by atoms with Gasteiger partial charge in [-0.25, -0.2) is 10.1 Å². The van der Waals surface area contributed by atoms with Crippen molar-refractivity contribution in [3.8, 4) is 0 Å². The third-order valence-electron chi connectivity index (χ3n) is 2.28. The monoisotopic (exact) mass is 383 g/mol. The molecule has 6 nitrogen and oxygen atoms in total. The minimum Gasteiger partial charge on any atom is -0.286 e. The second-order valence-corrected chi connectivity index (χ2v) is 6.52. The average molecular weight is 384 g/mol. The molecule has 124 valence electrons. The Morgan fingerprint density at radius 3 is 2.83 bits per heavy atom. The zero-order chi connectivity index (χ0) is 17.0. The number of anilines is 1. The van der Waals surface area contributed by atoms with Crippen molar-refractivity contribution < 1.29 is 18.0 Å². The van der Waals surface area contributed by atoms with E-state index in [0.29, 0.717) is 11.9 Å². The summed E-state index contributed by atoms with van der Waals surface area (Å²) in [7, 11) is 0. The molecule has 0 saturated carbocycles. The van der Waals surface area contributed by atoms with Gasteiger partial charge in [0.15, 0.2) is 0 Å². The van der Waals surface area contributed by atoms with Crippen molar-refractivity contribution >= 4 is 46.3 Å². The largest absolute Gasteiger partial charge is 0.417 e. The second-order valence-electron chi connectivity index (χ2n) is 3.92. The van der Waals surface area contributed by atoms with Crippen molar-refractivity contribution in [1.82, 2.24) is 20.2 Å². The summed E-state index contributed by atoms with van der Waals surface area (Å²) in [6, 6.07) is 0.782. The van der Waals surface area contributed by atoms with Crippen molar-refractivity contribution in [2.24, 2.45) is 0 Å². The van der Waals surface area contributed by atoms with E-state index in [4.69, 9.17) is 11.6 Å². The Morgan fingerprint density at radius 2 is 2.22 bits per heavy atom. The molecular formula is C11H9ClF3N5OS2. The number of amides is 1. The number of hydrogen-bond acceptors (Lipinski definition) is 6. The first kappa shape index (κ1) is 17.9. The van der Waals surface area contributed by atoms with Crippen LogP contribution >= 0.6 is 35.1 Å². The van der Waals surface area contributed by atoms with Crippen LogP contribution in [0.1, 0.15) is 12.5 Å². The fourth-order valence-corrected chi connectivity index (χ4v) is 2.73. The number of alkyl halides is 3. The third-order valence-corrected chi connectivity index (χ3v) is 4.22. The Labute approximate surface area is 142 Å². The Morgan fingerprint density at radius 1 is 1.48 bits per heavy atom. The van der Waals surface area contributed by atoms with E-state index in [2.05, 4.69) is 25.5 Å². The molecule has 0 atom stereocenters. The summed E-state index contributed by atoms with van der Waals surface area (Å²) in [5.41, 5.74) is -0.939. The Hall–Kier alpha value is -1.46. The van der Waals surface area contributed by atoms with Crippen LogP contribution in [0.2, 0.25) is 5.02 Å². The molecule has 0 radical (unpaired) electrons. The summed E-state index contributed by atoms with van der Waals surface area (Å²) < 4.78 is 37.6. The number of rotatable bonds is 4. The van der Waals surface area contributed by atoms with Gasteiger partial charge in [-0.3, -0.25) is 10.1 Å². The van der Waals surface area contributed by atoms with Crippen molar-refractivity contribution in [3.05, 3.63) is 22.8 Å². The molecule has 0 aliphatic heterocycles. The van der Waals surface area contributed by atoms with E-state index in [-0.39, 0.29) is 26.4 Å². The number of hydrogen-bond donors (Lipinski definition) is 2. The summed E-state index contributed by atoms with van der Waals surface area (Å²) in [6.45, 7) is 1.82. The SMILES string of the molecule is CCSC(=O)Nc1nc(Sc2ncc(C(F)(F)F)cc2Cl)n[nH]1. The van der Waals surface area contributed by atoms with E-state index >= 15 is 0 Å². The first-order valence-corrected chi connectivity index (χ1v) is 8.24. The van der Waals surface area contributed by atoms with Gasteiger partial charge in [0.2, 0.25) is 11.1 Å². The van der Waals surface area contributed by atoms with Gasteiger partial charge in [-0.05, 0) is 23.6 Å². The van der Waals surface area contributed by atoms with Gasteiger partial charge in [0, 0.05) is 6.20 Å². The van der Waals surface area contributed by atoms with E-state index in [1.54, 1.807) is 0 Å². The number of carbonyl (C=O) groups is 1. The maximum atomic E-state index is 12.5. The van der Waals surface area contributed by atoms with Crippen LogP contribution in [0, 0.1) is 0 Å². The molecule has 2 rings (SSSR count). The molecule has 1 amide bonds. The predicted octanol–water partition coefficient (Wildman–Crippen LogP) is 4.31. The number of nitrogens with zero attached hydrogens (tertiary/aromatic N) is 3. The number of H-pyrrole nitrogens is 1. The molecule has 2 aromatic heterocycles. The highest BCUT2D eigenvalue weighted by atomic mass is 35.5. The van der Waals surface area contributed by atoms with Gasteiger partial charge in [0.05, 0.1) is 10.6 Å². The number of thioether (sulfide) groups is 1. The van der Waals surface area contributed by atoms with Crippen molar-refractivity contribution in [1.29, 1.82) is 0 Å². The standard InChI is InChI=1S/C11H9ClF3N5OS2/c1-2-22-10(21)18-8-17-9(20-19-8)23-7-6(12)3-5(4-16-7)11(13,14)15/h3-4H,2H2,1H3,(H2,17,18,19,20,21). The second kappa shape index (κ2) is 7.41. The molecule has 0 fully saturated rings. The van der Waals surface area contributed by atoms with Crippen LogP contribution in [-0.4, -0.2) is 31.2 Å². The third kappa shape index (κ3) is 5.01. The molecule has 12 heteroatoms. The predicted molar refractivity (Wildman–Crippen MR) is 81.9 cm³/mol. The summed E-state index contributed by atoms with van der Waals surface area (Å²) in [4.78, 5) is 19.0. The van der Waals surface area contributed by atoms with Gasteiger partial charge >= 0.3 is 6.18 Å². The lowest BCUT2D eigenvalue weighted by atomic mass is 10.3. The van der Waals surface area contributed by atoms with Gasteiger partial charge in [-0.2, -0.15) is 18.2 Å². The summed E-state index contributed by atoms with van der Waals surface area (Å²) >= 11 is 7.73. The van der Waals surface area contributed by atoms with Gasteiger partial charge < -0.3 is 0 Å². The number of pyridine rings is 1. The van der Waals surface area contributed by atoms with Crippen LogP contribution < -0.4 is 5.32 Å². The van der Waals surface area contributed by atoms with Crippen LogP contribution in [0.4, 0.5) is 23.9 Å². The zero-order valence-corrected chi connectivity index (χ0v) is 13.8. The number of nitrogens with one attached hydrogen (secondary N) is 2. The lowest BCUT2D eigenvalue weighted by molar-refractivity contribution is -0.137. The molecule has 0 saturated heterocycles. The van der Waals surface area contributed by atoms with Crippen molar-refractivity contribution in [3.63, 3.8) is 0 Å². The number of carbonyl (C=O) groups excluding carboxylic acids is 1. The molecule has 0 aliphatic carbocycles. The highest BCUT2D eigenvalue weighted by Gasteiger charge is 2.31. The molecule has 0 spiro atoms. The first-order valence-electron chi connectivity index (χ1n) is 6.06. The molecule has 2 N–H and O–H groups in total. The lowest BCUT2D eigenvalue weighted by Crippen LogP contribution is -2.06. The van der Waals surface area contributed by atoms with Crippen LogP contribution in [0.15, 0.2) is 22.4 Å². The molecule has 23 heavy (non-hydrogen) atoms. The smallest absolute Gasteiger partial charge is 0.286 e. The van der Waals surface area contributed by atoms with Gasteiger partial charge in [0.25, 0.3) is 5.24 Å². The molecular weight excluding hydrogens is 375 g/mol. The summed E-state index contributed by atoms with van der Waals surface area (Å²) in [5.74, 6) is 0.730.